The summed E-state index contributed by atoms with van der Waals surface area (Å²) in [5, 5.41) is 4.52. The third-order valence-electron chi connectivity index (χ3n) is 6.78. The summed E-state index contributed by atoms with van der Waals surface area (Å²) in [5.41, 5.74) is 4.45. The van der Waals surface area contributed by atoms with E-state index in [0.717, 1.165) is 61.4 Å². The minimum atomic E-state index is 0.107. The van der Waals surface area contributed by atoms with Gasteiger partial charge in [0.2, 0.25) is 0 Å². The van der Waals surface area contributed by atoms with Gasteiger partial charge in [0.05, 0.1) is 18.3 Å². The molecule has 3 heterocycles. The van der Waals surface area contributed by atoms with Gasteiger partial charge in [0.15, 0.2) is 0 Å². The number of nitrogens with one attached hydrogen (secondary N) is 1. The van der Waals surface area contributed by atoms with Crippen molar-refractivity contribution in [2.45, 2.75) is 26.1 Å². The molecule has 6 heteroatoms. The Morgan fingerprint density at radius 3 is 2.51 bits per heavy atom. The Morgan fingerprint density at radius 1 is 0.914 bits per heavy atom. The summed E-state index contributed by atoms with van der Waals surface area (Å²) < 4.78 is 7.50. The molecule has 1 aliphatic rings. The number of furan rings is 1. The number of piperazine rings is 1. The zero-order chi connectivity index (χ0) is 24.0. The molecule has 6 nitrogen and oxygen atoms in total. The summed E-state index contributed by atoms with van der Waals surface area (Å²) in [6, 6.07) is 23.0. The van der Waals surface area contributed by atoms with Gasteiger partial charge < -0.3 is 14.3 Å². The third kappa shape index (κ3) is 5.90. The van der Waals surface area contributed by atoms with Gasteiger partial charge in [-0.2, -0.15) is 0 Å². The Bertz CT molecular complexity index is 1290. The van der Waals surface area contributed by atoms with Gasteiger partial charge in [-0.3, -0.25) is 14.6 Å². The zero-order valence-electron chi connectivity index (χ0n) is 20.5. The number of fused-ring (bicyclic) bond motifs is 1. The first-order valence-corrected chi connectivity index (χ1v) is 12.5. The van der Waals surface area contributed by atoms with Crippen molar-refractivity contribution in [3.63, 3.8) is 0 Å². The van der Waals surface area contributed by atoms with E-state index in [0.29, 0.717) is 19.6 Å². The van der Waals surface area contributed by atoms with Gasteiger partial charge in [0.1, 0.15) is 5.76 Å². The summed E-state index contributed by atoms with van der Waals surface area (Å²) in [6.07, 6.45) is 2.55. The topological polar surface area (TPSA) is 53.7 Å². The largest absolute Gasteiger partial charge is 0.468 e. The van der Waals surface area contributed by atoms with E-state index in [1.807, 2.05) is 29.8 Å². The lowest BCUT2D eigenvalue weighted by Crippen LogP contribution is -2.45. The van der Waals surface area contributed by atoms with Crippen LogP contribution in [-0.2, 0) is 26.1 Å². The van der Waals surface area contributed by atoms with Crippen LogP contribution in [0.25, 0.3) is 10.9 Å². The molecule has 4 aromatic rings. The highest BCUT2D eigenvalue weighted by atomic mass is 16.3. The van der Waals surface area contributed by atoms with Gasteiger partial charge in [-0.15, -0.1) is 0 Å². The molecule has 1 fully saturated rings. The average molecular weight is 471 g/mol. The monoisotopic (exact) mass is 470 g/mol. The molecular formula is C29H34N4O2. The maximum Gasteiger partial charge on any atom is 0.255 e. The van der Waals surface area contributed by atoms with Crippen LogP contribution < -0.4 is 10.9 Å². The SMILES string of the molecule is CN(Cc1ccco1)Cc1cc2ccc(Cc3ccccc3)cc2n(CCN2CCNCC2)c1=O. The standard InChI is InChI=1S/C29H34N4O2/c1-31(22-27-8-5-17-35-27)21-26-20-25-10-9-24(18-23-6-3-2-4-7-23)19-28(25)33(29(26)34)16-15-32-13-11-30-12-14-32/h2-10,17,19-20,30H,11-16,18,21-22H2,1H3. The van der Waals surface area contributed by atoms with Gasteiger partial charge in [0.25, 0.3) is 5.56 Å². The first kappa shape index (κ1) is 23.5. The summed E-state index contributed by atoms with van der Waals surface area (Å²) in [6.45, 7) is 6.89. The second-order valence-electron chi connectivity index (χ2n) is 9.53. The predicted molar refractivity (Wildman–Crippen MR) is 141 cm³/mol. The fourth-order valence-electron chi connectivity index (χ4n) is 4.95. The molecule has 0 aliphatic carbocycles. The van der Waals surface area contributed by atoms with Crippen molar-refractivity contribution in [1.82, 2.24) is 19.7 Å². The van der Waals surface area contributed by atoms with Crippen molar-refractivity contribution in [3.05, 3.63) is 106 Å². The quantitative estimate of drug-likeness (QED) is 0.404. The van der Waals surface area contributed by atoms with E-state index >= 15 is 0 Å². The first-order chi connectivity index (χ1) is 17.2. The Hall–Kier alpha value is -3.19. The van der Waals surface area contributed by atoms with Crippen LogP contribution in [0.2, 0.25) is 0 Å². The van der Waals surface area contributed by atoms with Crippen molar-refractivity contribution in [2.24, 2.45) is 0 Å². The molecule has 35 heavy (non-hydrogen) atoms. The second-order valence-corrected chi connectivity index (χ2v) is 9.53. The lowest BCUT2D eigenvalue weighted by molar-refractivity contribution is 0.232. The molecule has 182 valence electrons. The third-order valence-corrected chi connectivity index (χ3v) is 6.78. The molecular weight excluding hydrogens is 436 g/mol. The summed E-state index contributed by atoms with van der Waals surface area (Å²) >= 11 is 0. The minimum absolute atomic E-state index is 0.107. The highest BCUT2D eigenvalue weighted by Gasteiger charge is 2.15. The van der Waals surface area contributed by atoms with E-state index < -0.39 is 0 Å². The van der Waals surface area contributed by atoms with Gasteiger partial charge >= 0.3 is 0 Å². The van der Waals surface area contributed by atoms with E-state index in [-0.39, 0.29) is 5.56 Å². The fourth-order valence-corrected chi connectivity index (χ4v) is 4.95. The molecule has 5 rings (SSSR count). The maximum absolute atomic E-state index is 13.7. The van der Waals surface area contributed by atoms with Crippen LogP contribution in [0, 0.1) is 0 Å². The number of benzene rings is 2. The van der Waals surface area contributed by atoms with Crippen LogP contribution in [0.3, 0.4) is 0 Å². The number of aromatic nitrogens is 1. The second kappa shape index (κ2) is 11.0. The normalized spacial score (nSPS) is 14.7. The zero-order valence-corrected chi connectivity index (χ0v) is 20.5. The lowest BCUT2D eigenvalue weighted by Gasteiger charge is -2.27. The predicted octanol–water partition coefficient (Wildman–Crippen LogP) is 3.72. The van der Waals surface area contributed by atoms with Crippen LogP contribution in [0.5, 0.6) is 0 Å². The van der Waals surface area contributed by atoms with Crippen LogP contribution in [0.4, 0.5) is 0 Å². The van der Waals surface area contributed by atoms with Gasteiger partial charge in [0, 0.05) is 51.4 Å². The molecule has 2 aromatic carbocycles. The van der Waals surface area contributed by atoms with E-state index in [2.05, 4.69) is 63.6 Å². The van der Waals surface area contributed by atoms with Gasteiger partial charge in [-0.1, -0.05) is 42.5 Å². The number of pyridine rings is 1. The Morgan fingerprint density at radius 2 is 1.74 bits per heavy atom. The van der Waals surface area contributed by atoms with E-state index in [1.54, 1.807) is 6.26 Å². The van der Waals surface area contributed by atoms with Crippen molar-refractivity contribution < 1.29 is 4.42 Å². The van der Waals surface area contributed by atoms with Crippen LogP contribution in [0.15, 0.2) is 82.2 Å². The molecule has 0 amide bonds. The summed E-state index contributed by atoms with van der Waals surface area (Å²) in [4.78, 5) is 18.3. The van der Waals surface area contributed by atoms with E-state index in [4.69, 9.17) is 4.42 Å². The number of hydrogen-bond donors (Lipinski definition) is 1. The Labute approximate surface area is 206 Å². The van der Waals surface area contributed by atoms with Gasteiger partial charge in [-0.25, -0.2) is 0 Å². The van der Waals surface area contributed by atoms with Crippen LogP contribution >= 0.6 is 0 Å². The molecule has 0 unspecified atom stereocenters. The van der Waals surface area contributed by atoms with Crippen molar-refractivity contribution in [1.29, 1.82) is 0 Å². The van der Waals surface area contributed by atoms with E-state index in [1.165, 1.54) is 11.1 Å². The summed E-state index contributed by atoms with van der Waals surface area (Å²) in [5.74, 6) is 0.901. The minimum Gasteiger partial charge on any atom is -0.468 e. The fraction of sp³-hybridized carbons (Fsp3) is 0.345. The van der Waals surface area contributed by atoms with Crippen molar-refractivity contribution in [3.8, 4) is 0 Å². The molecule has 1 aliphatic heterocycles. The average Bonchev–Trinajstić information content (AvgIpc) is 3.38. The molecule has 0 saturated carbocycles. The number of hydrogen-bond acceptors (Lipinski definition) is 5. The van der Waals surface area contributed by atoms with Crippen LogP contribution in [0.1, 0.15) is 22.5 Å². The molecule has 0 bridgehead atoms. The molecule has 1 saturated heterocycles. The highest BCUT2D eigenvalue weighted by Crippen LogP contribution is 2.20. The lowest BCUT2D eigenvalue weighted by atomic mass is 10.0. The smallest absolute Gasteiger partial charge is 0.255 e. The molecule has 2 aromatic heterocycles. The Balaban J connectivity index is 1.45. The first-order valence-electron chi connectivity index (χ1n) is 12.5. The molecule has 0 atom stereocenters. The molecule has 0 radical (unpaired) electrons. The maximum atomic E-state index is 13.7. The highest BCUT2D eigenvalue weighted by molar-refractivity contribution is 5.80. The van der Waals surface area contributed by atoms with Crippen molar-refractivity contribution >= 4 is 10.9 Å². The number of rotatable bonds is 9. The Kier molecular flexibility index (Phi) is 7.42. The molecule has 1 N–H and O–H groups in total. The molecule has 0 spiro atoms. The van der Waals surface area contributed by atoms with E-state index in [9.17, 15) is 4.79 Å². The van der Waals surface area contributed by atoms with Crippen molar-refractivity contribution in [2.75, 3.05) is 39.8 Å². The van der Waals surface area contributed by atoms with Crippen LogP contribution in [-0.4, -0.2) is 54.1 Å². The van der Waals surface area contributed by atoms with Gasteiger partial charge in [-0.05, 0) is 54.2 Å². The summed E-state index contributed by atoms with van der Waals surface area (Å²) in [7, 11) is 2.03. The number of nitrogens with zero attached hydrogens (tertiary/aromatic N) is 3.